The molecule has 0 N–H and O–H groups in total. The summed E-state index contributed by atoms with van der Waals surface area (Å²) < 4.78 is 85.8. The third-order valence-electron chi connectivity index (χ3n) is 5.15. The zero-order valence-corrected chi connectivity index (χ0v) is 16.9. The number of hydrogen-bond donors (Lipinski definition) is 0. The van der Waals surface area contributed by atoms with Gasteiger partial charge in [-0.1, -0.05) is 30.9 Å². The normalized spacial score (nSPS) is 19.3. The molecule has 2 atom stereocenters. The average molecular weight is 442 g/mol. The van der Waals surface area contributed by atoms with Crippen molar-refractivity contribution in [1.29, 1.82) is 0 Å². The Kier molecular flexibility index (Phi) is 7.20. The SMILES string of the molecule is C=Cc1ccc(OC(F)(F)C2CCC(c3ccc(OCC)c(C(F)F)c3F)CO2)cc1. The molecule has 31 heavy (non-hydrogen) atoms. The predicted octanol–water partition coefficient (Wildman–Crippen LogP) is 6.74. The fraction of sp³-hybridized carbons (Fsp3) is 0.391. The van der Waals surface area contributed by atoms with Crippen LogP contribution in [0.25, 0.3) is 6.08 Å². The number of benzene rings is 2. The van der Waals surface area contributed by atoms with Crippen molar-refractivity contribution in [2.24, 2.45) is 0 Å². The van der Waals surface area contributed by atoms with E-state index in [2.05, 4.69) is 6.58 Å². The molecule has 2 aromatic carbocycles. The van der Waals surface area contributed by atoms with Gasteiger partial charge in [-0.2, -0.15) is 8.78 Å². The lowest BCUT2D eigenvalue weighted by Crippen LogP contribution is -2.44. The fourth-order valence-electron chi connectivity index (χ4n) is 3.55. The Bertz CT molecular complexity index is 891. The first-order chi connectivity index (χ1) is 14.8. The van der Waals surface area contributed by atoms with Crippen LogP contribution >= 0.6 is 0 Å². The fourth-order valence-corrected chi connectivity index (χ4v) is 3.55. The van der Waals surface area contributed by atoms with Gasteiger partial charge in [-0.15, -0.1) is 0 Å². The summed E-state index contributed by atoms with van der Waals surface area (Å²) >= 11 is 0. The summed E-state index contributed by atoms with van der Waals surface area (Å²) in [6, 6.07) is 8.60. The Morgan fingerprint density at radius 2 is 1.87 bits per heavy atom. The molecule has 1 aliphatic heterocycles. The van der Waals surface area contributed by atoms with E-state index in [9.17, 15) is 22.0 Å². The molecule has 0 amide bonds. The summed E-state index contributed by atoms with van der Waals surface area (Å²) in [5.74, 6) is -1.97. The van der Waals surface area contributed by atoms with E-state index >= 15 is 0 Å². The van der Waals surface area contributed by atoms with Gasteiger partial charge in [-0.25, -0.2) is 13.2 Å². The number of ether oxygens (including phenoxy) is 3. The maximum atomic E-state index is 14.8. The lowest BCUT2D eigenvalue weighted by atomic mass is 9.89. The molecule has 0 bridgehead atoms. The number of rotatable bonds is 8. The van der Waals surface area contributed by atoms with Crippen molar-refractivity contribution in [3.8, 4) is 11.5 Å². The van der Waals surface area contributed by atoms with Gasteiger partial charge in [0, 0.05) is 5.92 Å². The lowest BCUT2D eigenvalue weighted by molar-refractivity contribution is -0.262. The highest BCUT2D eigenvalue weighted by Gasteiger charge is 2.46. The van der Waals surface area contributed by atoms with Crippen molar-refractivity contribution in [3.05, 3.63) is 65.5 Å². The minimum atomic E-state index is -3.60. The highest BCUT2D eigenvalue weighted by atomic mass is 19.3. The van der Waals surface area contributed by atoms with E-state index in [-0.39, 0.29) is 43.1 Å². The first kappa shape index (κ1) is 23.1. The van der Waals surface area contributed by atoms with Crippen molar-refractivity contribution in [2.75, 3.05) is 13.2 Å². The molecule has 3 nitrogen and oxygen atoms in total. The van der Waals surface area contributed by atoms with Gasteiger partial charge in [0.1, 0.15) is 17.3 Å². The smallest absolute Gasteiger partial charge is 0.424 e. The van der Waals surface area contributed by atoms with E-state index in [0.29, 0.717) is 0 Å². The molecule has 0 saturated carbocycles. The number of hydrogen-bond acceptors (Lipinski definition) is 3. The van der Waals surface area contributed by atoms with E-state index in [1.54, 1.807) is 25.1 Å². The van der Waals surface area contributed by atoms with Crippen molar-refractivity contribution in [1.82, 2.24) is 0 Å². The number of halogens is 5. The second-order valence-corrected chi connectivity index (χ2v) is 7.15. The summed E-state index contributed by atoms with van der Waals surface area (Å²) in [6.45, 7) is 5.06. The van der Waals surface area contributed by atoms with E-state index in [1.165, 1.54) is 24.3 Å². The second-order valence-electron chi connectivity index (χ2n) is 7.15. The molecule has 0 aromatic heterocycles. The van der Waals surface area contributed by atoms with Gasteiger partial charge in [0.2, 0.25) is 0 Å². The molecule has 1 aliphatic rings. The highest BCUT2D eigenvalue weighted by molar-refractivity contribution is 5.48. The Labute approximate surface area is 177 Å². The van der Waals surface area contributed by atoms with Gasteiger partial charge in [0.05, 0.1) is 18.8 Å². The average Bonchev–Trinajstić information content (AvgIpc) is 2.74. The summed E-state index contributed by atoms with van der Waals surface area (Å²) in [5.41, 5.74) is -0.0625. The van der Waals surface area contributed by atoms with Crippen molar-refractivity contribution < 1.29 is 36.2 Å². The van der Waals surface area contributed by atoms with Crippen molar-refractivity contribution in [2.45, 2.75) is 44.3 Å². The zero-order valence-electron chi connectivity index (χ0n) is 16.9. The lowest BCUT2D eigenvalue weighted by Gasteiger charge is -2.34. The molecular weight excluding hydrogens is 419 g/mol. The van der Waals surface area contributed by atoms with E-state index in [0.717, 1.165) is 5.56 Å². The summed E-state index contributed by atoms with van der Waals surface area (Å²) in [5, 5.41) is 0. The van der Waals surface area contributed by atoms with E-state index in [4.69, 9.17) is 14.2 Å². The monoisotopic (exact) mass is 442 g/mol. The van der Waals surface area contributed by atoms with Crippen LogP contribution in [0.1, 0.15) is 48.8 Å². The molecule has 1 heterocycles. The quantitative estimate of drug-likeness (QED) is 0.424. The predicted molar refractivity (Wildman–Crippen MR) is 106 cm³/mol. The molecule has 0 radical (unpaired) electrons. The molecular formula is C23H23F5O3. The molecule has 0 aliphatic carbocycles. The topological polar surface area (TPSA) is 27.7 Å². The Morgan fingerprint density at radius 3 is 2.42 bits per heavy atom. The van der Waals surface area contributed by atoms with Crippen LogP contribution in [-0.2, 0) is 4.74 Å². The van der Waals surface area contributed by atoms with Crippen LogP contribution in [0.2, 0.25) is 0 Å². The van der Waals surface area contributed by atoms with Crippen LogP contribution < -0.4 is 9.47 Å². The number of alkyl halides is 4. The van der Waals surface area contributed by atoms with Gasteiger partial charge in [0.15, 0.2) is 6.10 Å². The third-order valence-corrected chi connectivity index (χ3v) is 5.15. The maximum Gasteiger partial charge on any atom is 0.424 e. The zero-order chi connectivity index (χ0) is 22.6. The summed E-state index contributed by atoms with van der Waals surface area (Å²) in [4.78, 5) is 0. The van der Waals surface area contributed by atoms with Crippen LogP contribution in [0.4, 0.5) is 22.0 Å². The van der Waals surface area contributed by atoms with Gasteiger partial charge < -0.3 is 14.2 Å². The van der Waals surface area contributed by atoms with Crippen LogP contribution in [0.5, 0.6) is 11.5 Å². The molecule has 8 heteroatoms. The third kappa shape index (κ3) is 5.18. The van der Waals surface area contributed by atoms with Crippen LogP contribution in [0, 0.1) is 5.82 Å². The Balaban J connectivity index is 1.69. The Morgan fingerprint density at radius 1 is 1.16 bits per heavy atom. The van der Waals surface area contributed by atoms with Crippen molar-refractivity contribution >= 4 is 6.08 Å². The standard InChI is InChI=1S/C23H23F5O3/c1-3-14-5-8-16(9-6-14)31-23(27,28)19-12-7-15(13-30-19)17-10-11-18(29-4-2)20(21(17)24)22(25)26/h3,5-6,8-11,15,19,22H,1,4,7,12-13H2,2H3. The van der Waals surface area contributed by atoms with Crippen LogP contribution in [0.3, 0.4) is 0 Å². The molecule has 1 saturated heterocycles. The van der Waals surface area contributed by atoms with Gasteiger partial charge in [0.25, 0.3) is 6.43 Å². The van der Waals surface area contributed by atoms with Gasteiger partial charge in [-0.3, -0.25) is 0 Å². The first-order valence-corrected chi connectivity index (χ1v) is 9.91. The van der Waals surface area contributed by atoms with Gasteiger partial charge >= 0.3 is 6.11 Å². The minimum Gasteiger partial charge on any atom is -0.493 e. The van der Waals surface area contributed by atoms with E-state index in [1.807, 2.05) is 0 Å². The second kappa shape index (κ2) is 9.68. The molecule has 1 fully saturated rings. The summed E-state index contributed by atoms with van der Waals surface area (Å²) in [6.07, 6.45) is -6.63. The first-order valence-electron chi connectivity index (χ1n) is 9.91. The van der Waals surface area contributed by atoms with Crippen molar-refractivity contribution in [3.63, 3.8) is 0 Å². The minimum absolute atomic E-state index is 0.00134. The van der Waals surface area contributed by atoms with Gasteiger partial charge in [-0.05, 0) is 49.1 Å². The van der Waals surface area contributed by atoms with Crippen LogP contribution in [-0.4, -0.2) is 25.4 Å². The van der Waals surface area contributed by atoms with E-state index < -0.39 is 35.9 Å². The Hall–Kier alpha value is -2.61. The molecule has 168 valence electrons. The molecule has 2 aromatic rings. The maximum absolute atomic E-state index is 14.8. The van der Waals surface area contributed by atoms with Crippen LogP contribution in [0.15, 0.2) is 43.0 Å². The highest BCUT2D eigenvalue weighted by Crippen LogP contribution is 2.40. The molecule has 2 unspecified atom stereocenters. The summed E-state index contributed by atoms with van der Waals surface area (Å²) in [7, 11) is 0. The molecule has 3 rings (SSSR count). The molecule has 0 spiro atoms. The largest absolute Gasteiger partial charge is 0.493 e.